The number of urea groups is 1. The zero-order valence-corrected chi connectivity index (χ0v) is 13.5. The van der Waals surface area contributed by atoms with Crippen molar-refractivity contribution in [3.63, 3.8) is 0 Å². The molecule has 3 aromatic heterocycles. The summed E-state index contributed by atoms with van der Waals surface area (Å²) in [5.74, 6) is 1.42. The molecule has 4 heterocycles. The van der Waals surface area contributed by atoms with Crippen LogP contribution in [0, 0.1) is 0 Å². The molecule has 9 nitrogen and oxygen atoms in total. The van der Waals surface area contributed by atoms with Crippen LogP contribution in [0.4, 0.5) is 10.5 Å². The molecule has 0 aromatic carbocycles. The van der Waals surface area contributed by atoms with E-state index in [-0.39, 0.29) is 12.1 Å². The number of piperidine rings is 1. The first-order valence-electron chi connectivity index (χ1n) is 8.20. The molecule has 0 spiro atoms. The van der Waals surface area contributed by atoms with Crippen molar-refractivity contribution in [2.45, 2.75) is 25.3 Å². The van der Waals surface area contributed by atoms with Gasteiger partial charge in [-0.05, 0) is 37.5 Å². The van der Waals surface area contributed by atoms with Crippen LogP contribution in [0.15, 0.2) is 43.1 Å². The highest BCUT2D eigenvalue weighted by atomic mass is 16.2. The maximum Gasteiger partial charge on any atom is 0.322 e. The third-order valence-corrected chi connectivity index (χ3v) is 4.25. The molecule has 4 rings (SSSR count). The lowest BCUT2D eigenvalue weighted by Crippen LogP contribution is -2.41. The molecule has 3 aromatic rings. The Labute approximate surface area is 144 Å². The van der Waals surface area contributed by atoms with Crippen molar-refractivity contribution < 1.29 is 4.79 Å². The third kappa shape index (κ3) is 3.21. The van der Waals surface area contributed by atoms with Gasteiger partial charge in [0.2, 0.25) is 0 Å². The van der Waals surface area contributed by atoms with E-state index in [1.165, 1.54) is 6.33 Å². The van der Waals surface area contributed by atoms with Crippen LogP contribution < -0.4 is 5.32 Å². The van der Waals surface area contributed by atoms with Crippen molar-refractivity contribution in [3.8, 4) is 5.82 Å². The van der Waals surface area contributed by atoms with E-state index in [1.54, 1.807) is 22.0 Å². The predicted octanol–water partition coefficient (Wildman–Crippen LogP) is 2.14. The fourth-order valence-corrected chi connectivity index (χ4v) is 3.03. The standard InChI is InChI=1S/C16H18N8O/c25-16(23-8-2-1-4-13(23)15-18-11-19-22-15)21-12-5-6-14(17-10-12)24-9-3-7-20-24/h3,5-7,9-11,13H,1-2,4,8H2,(H,21,25)(H,18,19,22)/t13-/m0/s1. The topological polar surface area (TPSA) is 105 Å². The van der Waals surface area contributed by atoms with Gasteiger partial charge in [0.25, 0.3) is 0 Å². The van der Waals surface area contributed by atoms with Crippen molar-refractivity contribution in [2.75, 3.05) is 11.9 Å². The van der Waals surface area contributed by atoms with E-state index >= 15 is 0 Å². The van der Waals surface area contributed by atoms with Crippen LogP contribution >= 0.6 is 0 Å². The minimum atomic E-state index is -0.158. The number of pyridine rings is 1. The number of nitrogens with zero attached hydrogens (tertiary/aromatic N) is 6. The molecule has 1 saturated heterocycles. The first-order valence-corrected chi connectivity index (χ1v) is 8.20. The Morgan fingerprint density at radius 3 is 2.96 bits per heavy atom. The molecule has 1 aliphatic heterocycles. The van der Waals surface area contributed by atoms with Gasteiger partial charge in [-0.1, -0.05) is 0 Å². The molecule has 9 heteroatoms. The van der Waals surface area contributed by atoms with E-state index in [1.807, 2.05) is 24.4 Å². The fourth-order valence-electron chi connectivity index (χ4n) is 3.03. The zero-order chi connectivity index (χ0) is 17.1. The van der Waals surface area contributed by atoms with Gasteiger partial charge in [-0.3, -0.25) is 5.10 Å². The number of anilines is 1. The molecular weight excluding hydrogens is 320 g/mol. The van der Waals surface area contributed by atoms with E-state index in [0.717, 1.165) is 25.1 Å². The van der Waals surface area contributed by atoms with Crippen LogP contribution in [-0.2, 0) is 0 Å². The molecular formula is C16H18N8O. The number of carbonyl (C=O) groups excluding carboxylic acids is 1. The Hall–Kier alpha value is -3.23. The van der Waals surface area contributed by atoms with Gasteiger partial charge in [0.1, 0.15) is 12.2 Å². The van der Waals surface area contributed by atoms with Gasteiger partial charge in [-0.25, -0.2) is 19.4 Å². The monoisotopic (exact) mass is 338 g/mol. The number of aromatic nitrogens is 6. The predicted molar refractivity (Wildman–Crippen MR) is 90.1 cm³/mol. The molecule has 0 bridgehead atoms. The lowest BCUT2D eigenvalue weighted by molar-refractivity contribution is 0.159. The zero-order valence-electron chi connectivity index (χ0n) is 13.5. The summed E-state index contributed by atoms with van der Waals surface area (Å²) in [7, 11) is 0. The highest BCUT2D eigenvalue weighted by Gasteiger charge is 2.30. The number of aromatic amines is 1. The summed E-state index contributed by atoms with van der Waals surface area (Å²) in [6.45, 7) is 0.690. The molecule has 1 fully saturated rings. The molecule has 2 amide bonds. The summed E-state index contributed by atoms with van der Waals surface area (Å²) in [5, 5.41) is 13.8. The Morgan fingerprint density at radius 2 is 2.24 bits per heavy atom. The van der Waals surface area contributed by atoms with Crippen LogP contribution in [-0.4, -0.2) is 47.4 Å². The summed E-state index contributed by atoms with van der Waals surface area (Å²) in [6, 6.07) is 5.22. The second-order valence-electron chi connectivity index (χ2n) is 5.86. The second-order valence-corrected chi connectivity index (χ2v) is 5.86. The van der Waals surface area contributed by atoms with E-state index in [2.05, 4.69) is 30.6 Å². The molecule has 128 valence electrons. The average Bonchev–Trinajstić information content (AvgIpc) is 3.36. The number of carbonyl (C=O) groups is 1. The SMILES string of the molecule is O=C(Nc1ccc(-n2cccn2)nc1)N1CCCC[C@H]1c1ncn[nH]1. The Morgan fingerprint density at radius 1 is 1.28 bits per heavy atom. The summed E-state index contributed by atoms with van der Waals surface area (Å²) >= 11 is 0. The maximum absolute atomic E-state index is 12.7. The number of rotatable bonds is 3. The van der Waals surface area contributed by atoms with E-state index < -0.39 is 0 Å². The summed E-state index contributed by atoms with van der Waals surface area (Å²) in [6.07, 6.45) is 9.52. The van der Waals surface area contributed by atoms with Gasteiger partial charge in [-0.2, -0.15) is 10.2 Å². The minimum Gasteiger partial charge on any atom is -0.314 e. The van der Waals surface area contributed by atoms with Gasteiger partial charge in [-0.15, -0.1) is 0 Å². The van der Waals surface area contributed by atoms with Crippen LogP contribution in [0.1, 0.15) is 31.1 Å². The van der Waals surface area contributed by atoms with E-state index in [4.69, 9.17) is 0 Å². The molecule has 0 saturated carbocycles. The highest BCUT2D eigenvalue weighted by Crippen LogP contribution is 2.29. The third-order valence-electron chi connectivity index (χ3n) is 4.25. The van der Waals surface area contributed by atoms with E-state index in [9.17, 15) is 4.79 Å². The van der Waals surface area contributed by atoms with Gasteiger partial charge >= 0.3 is 6.03 Å². The van der Waals surface area contributed by atoms with E-state index in [0.29, 0.717) is 18.1 Å². The van der Waals surface area contributed by atoms with Gasteiger partial charge in [0.15, 0.2) is 5.82 Å². The largest absolute Gasteiger partial charge is 0.322 e. The number of likely N-dealkylation sites (tertiary alicyclic amines) is 1. The Bertz CT molecular complexity index is 812. The van der Waals surface area contributed by atoms with Crippen molar-refractivity contribution >= 4 is 11.7 Å². The molecule has 25 heavy (non-hydrogen) atoms. The minimum absolute atomic E-state index is 0.0763. The van der Waals surface area contributed by atoms with Crippen LogP contribution in [0.2, 0.25) is 0 Å². The molecule has 1 aliphatic rings. The lowest BCUT2D eigenvalue weighted by Gasteiger charge is -2.34. The molecule has 0 aliphatic carbocycles. The second kappa shape index (κ2) is 6.71. The molecule has 0 unspecified atom stereocenters. The fraction of sp³-hybridized carbons (Fsp3) is 0.312. The summed E-state index contributed by atoms with van der Waals surface area (Å²) in [4.78, 5) is 23.0. The van der Waals surface area contributed by atoms with Gasteiger partial charge in [0.05, 0.1) is 17.9 Å². The van der Waals surface area contributed by atoms with Crippen LogP contribution in [0.5, 0.6) is 0 Å². The first-order chi connectivity index (χ1) is 12.3. The molecule has 1 atom stereocenters. The van der Waals surface area contributed by atoms with Crippen molar-refractivity contribution in [2.24, 2.45) is 0 Å². The molecule has 0 radical (unpaired) electrons. The van der Waals surface area contributed by atoms with Gasteiger partial charge in [0, 0.05) is 18.9 Å². The van der Waals surface area contributed by atoms with Crippen LogP contribution in [0.3, 0.4) is 0 Å². The average molecular weight is 338 g/mol. The molecule has 2 N–H and O–H groups in total. The Kier molecular flexibility index (Phi) is 4.11. The van der Waals surface area contributed by atoms with Crippen molar-refractivity contribution in [1.29, 1.82) is 0 Å². The number of nitrogens with one attached hydrogen (secondary N) is 2. The Balaban J connectivity index is 1.47. The summed E-state index contributed by atoms with van der Waals surface area (Å²) < 4.78 is 1.66. The first kappa shape index (κ1) is 15.3. The van der Waals surface area contributed by atoms with Crippen LogP contribution in [0.25, 0.3) is 5.82 Å². The van der Waals surface area contributed by atoms with Gasteiger partial charge < -0.3 is 10.2 Å². The number of hydrogen-bond acceptors (Lipinski definition) is 5. The van der Waals surface area contributed by atoms with Crippen molar-refractivity contribution in [1.82, 2.24) is 34.8 Å². The normalized spacial score (nSPS) is 17.4. The number of amides is 2. The summed E-state index contributed by atoms with van der Waals surface area (Å²) in [5.41, 5.74) is 0.641. The number of H-pyrrole nitrogens is 1. The number of hydrogen-bond donors (Lipinski definition) is 2. The smallest absolute Gasteiger partial charge is 0.314 e. The maximum atomic E-state index is 12.7. The van der Waals surface area contributed by atoms with Crippen molar-refractivity contribution in [3.05, 3.63) is 48.9 Å². The highest BCUT2D eigenvalue weighted by molar-refractivity contribution is 5.89. The lowest BCUT2D eigenvalue weighted by atomic mass is 10.0. The quantitative estimate of drug-likeness (QED) is 0.761.